The fourth-order valence-corrected chi connectivity index (χ4v) is 1.23. The molecule has 68 valence electrons. The molecule has 3 nitrogen and oxygen atoms in total. The second-order valence-corrected chi connectivity index (χ2v) is 3.21. The molecule has 1 rings (SSSR count). The van der Waals surface area contributed by atoms with Crippen LogP contribution in [-0.2, 0) is 0 Å². The number of nitrogens with zero attached hydrogens (tertiary/aromatic N) is 1. The van der Waals surface area contributed by atoms with Crippen LogP contribution in [0.1, 0.15) is 6.42 Å². The van der Waals surface area contributed by atoms with Gasteiger partial charge in [-0.1, -0.05) is 0 Å². The Morgan fingerprint density at radius 3 is 3.08 bits per heavy atom. The second kappa shape index (κ2) is 4.73. The number of nitrogens with two attached hydrogens (primary N) is 1. The summed E-state index contributed by atoms with van der Waals surface area (Å²) in [7, 11) is 0. The van der Waals surface area contributed by atoms with E-state index in [-0.39, 0.29) is 0 Å². The number of hydrogen-bond donors (Lipinski definition) is 1. The van der Waals surface area contributed by atoms with Gasteiger partial charge in [0.25, 0.3) is 0 Å². The standard InChI is InChI=1S/C9H9BrN2O/c1-2-3-4-13-9-8(10)5-7(11)6-12-9/h1,5-6H,3-4,11H2. The van der Waals surface area contributed by atoms with E-state index in [1.807, 2.05) is 0 Å². The van der Waals surface area contributed by atoms with Crippen LogP contribution in [0.5, 0.6) is 5.88 Å². The van der Waals surface area contributed by atoms with Crippen LogP contribution in [0.25, 0.3) is 0 Å². The lowest BCUT2D eigenvalue weighted by molar-refractivity contribution is 0.312. The molecule has 0 aliphatic heterocycles. The smallest absolute Gasteiger partial charge is 0.228 e. The minimum atomic E-state index is 0.464. The van der Waals surface area contributed by atoms with Gasteiger partial charge < -0.3 is 10.5 Å². The fraction of sp³-hybridized carbons (Fsp3) is 0.222. The summed E-state index contributed by atoms with van der Waals surface area (Å²) in [5.41, 5.74) is 6.10. The van der Waals surface area contributed by atoms with Gasteiger partial charge in [-0.05, 0) is 22.0 Å². The van der Waals surface area contributed by atoms with Crippen LogP contribution in [0.4, 0.5) is 5.69 Å². The molecule has 0 radical (unpaired) electrons. The Morgan fingerprint density at radius 2 is 2.46 bits per heavy atom. The maximum absolute atomic E-state index is 5.50. The Bertz CT molecular complexity index is 333. The van der Waals surface area contributed by atoms with Gasteiger partial charge in [0, 0.05) is 6.42 Å². The molecule has 4 heteroatoms. The van der Waals surface area contributed by atoms with Crippen molar-refractivity contribution in [1.82, 2.24) is 4.98 Å². The van der Waals surface area contributed by atoms with Crippen LogP contribution in [0, 0.1) is 12.3 Å². The molecule has 2 N–H and O–H groups in total. The SMILES string of the molecule is C#CCCOc1ncc(N)cc1Br. The first kappa shape index (κ1) is 9.87. The molecule has 1 aromatic heterocycles. The van der Waals surface area contributed by atoms with Crippen molar-refractivity contribution in [3.63, 3.8) is 0 Å². The number of anilines is 1. The summed E-state index contributed by atoms with van der Waals surface area (Å²) >= 11 is 3.28. The maximum atomic E-state index is 5.50. The van der Waals surface area contributed by atoms with E-state index in [0.717, 1.165) is 4.47 Å². The Balaban J connectivity index is 2.62. The van der Waals surface area contributed by atoms with Gasteiger partial charge in [-0.2, -0.15) is 0 Å². The highest BCUT2D eigenvalue weighted by atomic mass is 79.9. The molecule has 1 heterocycles. The van der Waals surface area contributed by atoms with Gasteiger partial charge in [0.15, 0.2) is 0 Å². The van der Waals surface area contributed by atoms with Crippen molar-refractivity contribution < 1.29 is 4.74 Å². The summed E-state index contributed by atoms with van der Waals surface area (Å²) in [6.45, 7) is 0.464. The third-order valence-electron chi connectivity index (χ3n) is 1.31. The summed E-state index contributed by atoms with van der Waals surface area (Å²) in [6.07, 6.45) is 7.18. The van der Waals surface area contributed by atoms with Gasteiger partial charge in [-0.25, -0.2) is 4.98 Å². The zero-order chi connectivity index (χ0) is 9.68. The first-order chi connectivity index (χ1) is 6.24. The lowest BCUT2D eigenvalue weighted by Crippen LogP contribution is -1.99. The summed E-state index contributed by atoms with van der Waals surface area (Å²) in [5.74, 6) is 2.99. The Morgan fingerprint density at radius 1 is 1.69 bits per heavy atom. The van der Waals surface area contributed by atoms with Crippen molar-refractivity contribution in [3.05, 3.63) is 16.7 Å². The van der Waals surface area contributed by atoms with E-state index in [1.165, 1.54) is 6.20 Å². The average molecular weight is 241 g/mol. The van der Waals surface area contributed by atoms with Gasteiger partial charge in [-0.15, -0.1) is 12.3 Å². The van der Waals surface area contributed by atoms with Crippen molar-refractivity contribution in [2.45, 2.75) is 6.42 Å². The Hall–Kier alpha value is -1.21. The van der Waals surface area contributed by atoms with Crippen LogP contribution < -0.4 is 10.5 Å². The number of terminal acetylenes is 1. The Labute approximate surface area is 85.4 Å². The molecular weight excluding hydrogens is 232 g/mol. The normalized spacial score (nSPS) is 9.23. The van der Waals surface area contributed by atoms with Crippen molar-refractivity contribution in [2.75, 3.05) is 12.3 Å². The summed E-state index contributed by atoms with van der Waals surface area (Å²) < 4.78 is 6.02. The number of aromatic nitrogens is 1. The molecule has 0 aromatic carbocycles. The fourth-order valence-electron chi connectivity index (χ4n) is 0.753. The minimum Gasteiger partial charge on any atom is -0.476 e. The van der Waals surface area contributed by atoms with Gasteiger partial charge in [0.1, 0.15) is 6.61 Å². The van der Waals surface area contributed by atoms with E-state index in [2.05, 4.69) is 26.8 Å². The summed E-state index contributed by atoms with van der Waals surface area (Å²) in [6, 6.07) is 1.73. The zero-order valence-electron chi connectivity index (χ0n) is 6.96. The number of hydrogen-bond acceptors (Lipinski definition) is 3. The molecule has 0 unspecified atom stereocenters. The third kappa shape index (κ3) is 2.96. The van der Waals surface area contributed by atoms with Crippen molar-refractivity contribution in [1.29, 1.82) is 0 Å². The molecule has 0 atom stereocenters. The van der Waals surface area contributed by atoms with Crippen molar-refractivity contribution in [3.8, 4) is 18.2 Å². The van der Waals surface area contributed by atoms with Crippen LogP contribution in [0.3, 0.4) is 0 Å². The predicted molar refractivity (Wildman–Crippen MR) is 55.3 cm³/mol. The first-order valence-corrected chi connectivity index (χ1v) is 4.50. The lowest BCUT2D eigenvalue weighted by Gasteiger charge is -2.04. The topological polar surface area (TPSA) is 48.1 Å². The highest BCUT2D eigenvalue weighted by Crippen LogP contribution is 2.23. The van der Waals surface area contributed by atoms with Crippen molar-refractivity contribution >= 4 is 21.6 Å². The molecule has 0 aliphatic rings. The van der Waals surface area contributed by atoms with E-state index in [9.17, 15) is 0 Å². The molecule has 13 heavy (non-hydrogen) atoms. The van der Waals surface area contributed by atoms with E-state index < -0.39 is 0 Å². The summed E-state index contributed by atoms with van der Waals surface area (Å²) in [4.78, 5) is 3.99. The minimum absolute atomic E-state index is 0.464. The quantitative estimate of drug-likeness (QED) is 0.648. The van der Waals surface area contributed by atoms with E-state index in [1.54, 1.807) is 6.07 Å². The average Bonchev–Trinajstić information content (AvgIpc) is 2.09. The number of halogens is 1. The molecule has 1 aromatic rings. The van der Waals surface area contributed by atoms with Crippen molar-refractivity contribution in [2.24, 2.45) is 0 Å². The highest BCUT2D eigenvalue weighted by Gasteiger charge is 2.01. The lowest BCUT2D eigenvalue weighted by atomic mass is 10.4. The summed E-state index contributed by atoms with van der Waals surface area (Å²) in [5, 5.41) is 0. The van der Waals surface area contributed by atoms with Crippen LogP contribution in [0.2, 0.25) is 0 Å². The number of pyridine rings is 1. The van der Waals surface area contributed by atoms with Crippen LogP contribution in [0.15, 0.2) is 16.7 Å². The van der Waals surface area contributed by atoms with Gasteiger partial charge in [-0.3, -0.25) is 0 Å². The van der Waals surface area contributed by atoms with Gasteiger partial charge >= 0.3 is 0 Å². The molecule has 0 aliphatic carbocycles. The Kier molecular flexibility index (Phi) is 3.59. The number of rotatable bonds is 3. The highest BCUT2D eigenvalue weighted by molar-refractivity contribution is 9.10. The number of nitrogen functional groups attached to an aromatic ring is 1. The molecule has 0 bridgehead atoms. The maximum Gasteiger partial charge on any atom is 0.228 e. The van der Waals surface area contributed by atoms with Crippen LogP contribution in [-0.4, -0.2) is 11.6 Å². The second-order valence-electron chi connectivity index (χ2n) is 2.36. The van der Waals surface area contributed by atoms with Crippen LogP contribution >= 0.6 is 15.9 Å². The molecule has 0 fully saturated rings. The molecule has 0 spiro atoms. The first-order valence-electron chi connectivity index (χ1n) is 3.71. The molecule has 0 saturated heterocycles. The van der Waals surface area contributed by atoms with Gasteiger partial charge in [0.2, 0.25) is 5.88 Å². The largest absolute Gasteiger partial charge is 0.476 e. The molecule has 0 amide bonds. The molecule has 0 saturated carbocycles. The number of ether oxygens (including phenoxy) is 1. The predicted octanol–water partition coefficient (Wildman–Crippen LogP) is 1.83. The van der Waals surface area contributed by atoms with E-state index in [0.29, 0.717) is 24.6 Å². The molecular formula is C9H9BrN2O. The van der Waals surface area contributed by atoms with E-state index in [4.69, 9.17) is 16.9 Å². The third-order valence-corrected chi connectivity index (χ3v) is 1.88. The monoisotopic (exact) mass is 240 g/mol. The van der Waals surface area contributed by atoms with Gasteiger partial charge in [0.05, 0.1) is 16.4 Å². The zero-order valence-corrected chi connectivity index (χ0v) is 8.54. The van der Waals surface area contributed by atoms with E-state index >= 15 is 0 Å².